The highest BCUT2D eigenvalue weighted by Gasteiger charge is 2.21. The number of halogens is 1. The fourth-order valence-corrected chi connectivity index (χ4v) is 2.17. The van der Waals surface area contributed by atoms with Gasteiger partial charge in [-0.15, -0.1) is 11.3 Å². The molecule has 1 heterocycles. The third-order valence-electron chi connectivity index (χ3n) is 1.64. The Labute approximate surface area is 98.7 Å². The number of carboxylic acid groups (broad SMARTS) is 1. The third-order valence-corrected chi connectivity index (χ3v) is 3.16. The van der Waals surface area contributed by atoms with Gasteiger partial charge in [0.2, 0.25) is 5.91 Å². The Hall–Kier alpha value is -1.14. The predicted octanol–water partition coefficient (Wildman–Crippen LogP) is 1.94. The molecule has 0 aliphatic carbocycles. The highest BCUT2D eigenvalue weighted by atomic mass is 79.9. The molecule has 6 heteroatoms. The molecule has 0 spiro atoms. The van der Waals surface area contributed by atoms with Crippen molar-refractivity contribution in [1.29, 1.82) is 0 Å². The molecule has 1 aromatic heterocycles. The van der Waals surface area contributed by atoms with E-state index >= 15 is 0 Å². The lowest BCUT2D eigenvalue weighted by atomic mass is 10.1. The van der Waals surface area contributed by atoms with Gasteiger partial charge in [0.15, 0.2) is 6.04 Å². The van der Waals surface area contributed by atoms with Crippen molar-refractivity contribution >= 4 is 39.1 Å². The fourth-order valence-electron chi connectivity index (χ4n) is 0.964. The Morgan fingerprint density at radius 1 is 1.67 bits per heavy atom. The van der Waals surface area contributed by atoms with E-state index in [4.69, 9.17) is 5.11 Å². The quantitative estimate of drug-likeness (QED) is 0.833. The van der Waals surface area contributed by atoms with E-state index in [-0.39, 0.29) is 0 Å². The van der Waals surface area contributed by atoms with Crippen molar-refractivity contribution in [3.8, 4) is 0 Å². The van der Waals surface area contributed by atoms with E-state index in [0.717, 1.165) is 9.86 Å². The second kappa shape index (κ2) is 5.09. The topological polar surface area (TPSA) is 66.4 Å². The van der Waals surface area contributed by atoms with Gasteiger partial charge in [-0.25, -0.2) is 4.79 Å². The number of carbonyl (C=O) groups excluding carboxylic acids is 1. The molecule has 0 aliphatic rings. The standard InChI is InChI=1S/C9H8BrNO3S/c1-2-7(12)11-8(9(13)14)5-3-6(10)15-4-5/h2-4,8H,1H2,(H,11,12)(H,13,14). The lowest BCUT2D eigenvalue weighted by molar-refractivity contribution is -0.141. The van der Waals surface area contributed by atoms with Crippen LogP contribution in [-0.4, -0.2) is 17.0 Å². The third kappa shape index (κ3) is 3.17. The molecule has 0 aliphatic heterocycles. The largest absolute Gasteiger partial charge is 0.479 e. The molecule has 0 saturated heterocycles. The minimum atomic E-state index is -1.10. The van der Waals surface area contributed by atoms with E-state index in [2.05, 4.69) is 27.8 Å². The van der Waals surface area contributed by atoms with Crippen LogP contribution in [0.4, 0.5) is 0 Å². The number of thiophene rings is 1. The summed E-state index contributed by atoms with van der Waals surface area (Å²) < 4.78 is 0.816. The van der Waals surface area contributed by atoms with Crippen LogP contribution in [-0.2, 0) is 9.59 Å². The van der Waals surface area contributed by atoms with Crippen LogP contribution in [0.2, 0.25) is 0 Å². The first-order valence-corrected chi connectivity index (χ1v) is 5.61. The van der Waals surface area contributed by atoms with Crippen LogP contribution in [0.5, 0.6) is 0 Å². The highest BCUT2D eigenvalue weighted by Crippen LogP contribution is 2.25. The highest BCUT2D eigenvalue weighted by molar-refractivity contribution is 9.11. The van der Waals surface area contributed by atoms with Gasteiger partial charge in [-0.1, -0.05) is 6.58 Å². The lowest BCUT2D eigenvalue weighted by Gasteiger charge is -2.11. The molecule has 1 unspecified atom stereocenters. The molecule has 4 nitrogen and oxygen atoms in total. The Morgan fingerprint density at radius 2 is 2.33 bits per heavy atom. The van der Waals surface area contributed by atoms with Crippen LogP contribution in [0.15, 0.2) is 27.9 Å². The fraction of sp³-hybridized carbons (Fsp3) is 0.111. The minimum absolute atomic E-state index is 0.510. The zero-order chi connectivity index (χ0) is 11.4. The van der Waals surface area contributed by atoms with E-state index in [1.807, 2.05) is 0 Å². The summed E-state index contributed by atoms with van der Waals surface area (Å²) in [7, 11) is 0. The van der Waals surface area contributed by atoms with Crippen molar-refractivity contribution in [2.45, 2.75) is 6.04 Å². The molecule has 0 radical (unpaired) electrons. The Kier molecular flexibility index (Phi) is 4.05. The van der Waals surface area contributed by atoms with Crippen LogP contribution in [0, 0.1) is 0 Å². The summed E-state index contributed by atoms with van der Waals surface area (Å²) in [4.78, 5) is 21.9. The summed E-state index contributed by atoms with van der Waals surface area (Å²) in [5, 5.41) is 12.9. The molecule has 0 aromatic carbocycles. The van der Waals surface area contributed by atoms with Gasteiger partial charge in [-0.2, -0.15) is 0 Å². The SMILES string of the molecule is C=CC(=O)NC(C(=O)O)c1csc(Br)c1. The molecular formula is C9H8BrNO3S. The number of carboxylic acids is 1. The summed E-state index contributed by atoms with van der Waals surface area (Å²) >= 11 is 4.59. The molecule has 80 valence electrons. The van der Waals surface area contributed by atoms with Crippen LogP contribution in [0.1, 0.15) is 11.6 Å². The molecule has 0 saturated carbocycles. The first kappa shape index (κ1) is 11.9. The molecule has 1 rings (SSSR count). The van der Waals surface area contributed by atoms with Crippen molar-refractivity contribution in [3.63, 3.8) is 0 Å². The summed E-state index contributed by atoms with van der Waals surface area (Å²) in [5.74, 6) is -1.61. The maximum absolute atomic E-state index is 11.0. The molecule has 1 aromatic rings. The molecule has 1 atom stereocenters. The van der Waals surface area contributed by atoms with E-state index in [1.54, 1.807) is 11.4 Å². The van der Waals surface area contributed by atoms with E-state index in [0.29, 0.717) is 5.56 Å². The number of amides is 1. The smallest absolute Gasteiger partial charge is 0.330 e. The molecule has 1 amide bonds. The van der Waals surface area contributed by atoms with Crippen LogP contribution < -0.4 is 5.32 Å². The van der Waals surface area contributed by atoms with Crippen LogP contribution in [0.3, 0.4) is 0 Å². The van der Waals surface area contributed by atoms with Gasteiger partial charge in [0.1, 0.15) is 0 Å². The summed E-state index contributed by atoms with van der Waals surface area (Å²) in [5.41, 5.74) is 0.537. The zero-order valence-corrected chi connectivity index (χ0v) is 9.97. The van der Waals surface area contributed by atoms with Crippen molar-refractivity contribution in [1.82, 2.24) is 5.32 Å². The summed E-state index contributed by atoms with van der Waals surface area (Å²) in [6, 6.07) is 0.630. The summed E-state index contributed by atoms with van der Waals surface area (Å²) in [6.07, 6.45) is 1.04. The van der Waals surface area contributed by atoms with Gasteiger partial charge in [-0.05, 0) is 39.0 Å². The second-order valence-electron chi connectivity index (χ2n) is 2.67. The molecule has 0 fully saturated rings. The molecule has 2 N–H and O–H groups in total. The predicted molar refractivity (Wildman–Crippen MR) is 60.7 cm³/mol. The van der Waals surface area contributed by atoms with Gasteiger partial charge in [0.05, 0.1) is 3.79 Å². The molecule has 0 bridgehead atoms. The van der Waals surface area contributed by atoms with Crippen molar-refractivity contribution in [3.05, 3.63) is 33.5 Å². The average Bonchev–Trinajstić information content (AvgIpc) is 2.60. The maximum atomic E-state index is 11.0. The lowest BCUT2D eigenvalue weighted by Crippen LogP contribution is -2.32. The van der Waals surface area contributed by atoms with E-state index < -0.39 is 17.9 Å². The Morgan fingerprint density at radius 3 is 2.73 bits per heavy atom. The van der Waals surface area contributed by atoms with Gasteiger partial charge in [0.25, 0.3) is 0 Å². The zero-order valence-electron chi connectivity index (χ0n) is 7.57. The molecule has 15 heavy (non-hydrogen) atoms. The van der Waals surface area contributed by atoms with Gasteiger partial charge in [-0.3, -0.25) is 4.79 Å². The monoisotopic (exact) mass is 289 g/mol. The Bertz CT molecular complexity index is 402. The normalized spacial score (nSPS) is 11.8. The number of hydrogen-bond acceptors (Lipinski definition) is 3. The van der Waals surface area contributed by atoms with Crippen molar-refractivity contribution < 1.29 is 14.7 Å². The van der Waals surface area contributed by atoms with Crippen LogP contribution in [0.25, 0.3) is 0 Å². The first-order chi connectivity index (χ1) is 7.04. The molecular weight excluding hydrogens is 282 g/mol. The van der Waals surface area contributed by atoms with Gasteiger partial charge in [0, 0.05) is 0 Å². The maximum Gasteiger partial charge on any atom is 0.330 e. The van der Waals surface area contributed by atoms with Crippen molar-refractivity contribution in [2.75, 3.05) is 0 Å². The van der Waals surface area contributed by atoms with E-state index in [1.165, 1.54) is 11.3 Å². The number of carbonyl (C=O) groups is 2. The van der Waals surface area contributed by atoms with Gasteiger partial charge >= 0.3 is 5.97 Å². The second-order valence-corrected chi connectivity index (χ2v) is 4.96. The summed E-state index contributed by atoms with van der Waals surface area (Å²) in [6.45, 7) is 3.26. The average molecular weight is 290 g/mol. The minimum Gasteiger partial charge on any atom is -0.479 e. The van der Waals surface area contributed by atoms with E-state index in [9.17, 15) is 9.59 Å². The number of nitrogens with one attached hydrogen (secondary N) is 1. The van der Waals surface area contributed by atoms with Crippen LogP contribution >= 0.6 is 27.3 Å². The van der Waals surface area contributed by atoms with Gasteiger partial charge < -0.3 is 10.4 Å². The number of hydrogen-bond donors (Lipinski definition) is 2. The van der Waals surface area contributed by atoms with Crippen molar-refractivity contribution in [2.24, 2.45) is 0 Å². The number of rotatable bonds is 4. The Balaban J connectivity index is 2.88. The first-order valence-electron chi connectivity index (χ1n) is 3.94. The number of aliphatic carboxylic acids is 1.